The summed E-state index contributed by atoms with van der Waals surface area (Å²) in [5.41, 5.74) is 0. The van der Waals surface area contributed by atoms with E-state index in [4.69, 9.17) is 14.6 Å². The van der Waals surface area contributed by atoms with Crippen molar-refractivity contribution in [3.8, 4) is 11.5 Å². The molecule has 0 aliphatic carbocycles. The summed E-state index contributed by atoms with van der Waals surface area (Å²) >= 11 is 2.81. The van der Waals surface area contributed by atoms with Crippen molar-refractivity contribution in [3.63, 3.8) is 0 Å². The number of ether oxygens (including phenoxy) is 2. The Morgan fingerprint density at radius 1 is 1.19 bits per heavy atom. The highest BCUT2D eigenvalue weighted by Gasteiger charge is 2.13. The zero-order valence-corrected chi connectivity index (χ0v) is 15.8. The number of benzene rings is 1. The molecule has 0 spiro atoms. The molecule has 0 unspecified atom stereocenters. The molecule has 0 bridgehead atoms. The second-order valence-corrected chi connectivity index (χ2v) is 7.29. The van der Waals surface area contributed by atoms with E-state index in [1.165, 1.54) is 22.7 Å². The number of thiophene rings is 1. The molecule has 0 atom stereocenters. The lowest BCUT2D eigenvalue weighted by Crippen LogP contribution is -2.27. The third-order valence-electron chi connectivity index (χ3n) is 3.42. The summed E-state index contributed by atoms with van der Waals surface area (Å²) in [6.07, 6.45) is 0. The SMILES string of the molecule is COc1ccc(OCCNC(=O)c2cc3sc(NCCO)nc3s2)cc1. The quantitative estimate of drug-likeness (QED) is 0.484. The number of carbonyl (C=O) groups excluding carboxylic acids is 1. The molecule has 0 saturated carbocycles. The van der Waals surface area contributed by atoms with E-state index >= 15 is 0 Å². The number of nitrogens with zero attached hydrogens (tertiary/aromatic N) is 1. The van der Waals surface area contributed by atoms with E-state index in [1.54, 1.807) is 7.11 Å². The first kappa shape index (κ1) is 18.4. The molecule has 1 amide bonds. The Kier molecular flexibility index (Phi) is 6.26. The molecule has 0 fully saturated rings. The van der Waals surface area contributed by atoms with Crippen LogP contribution in [0, 0.1) is 0 Å². The van der Waals surface area contributed by atoms with Crippen LogP contribution in [0.3, 0.4) is 0 Å². The maximum Gasteiger partial charge on any atom is 0.261 e. The van der Waals surface area contributed by atoms with Crippen LogP contribution in [0.1, 0.15) is 9.67 Å². The van der Waals surface area contributed by atoms with E-state index in [-0.39, 0.29) is 12.5 Å². The van der Waals surface area contributed by atoms with Crippen LogP contribution in [0.2, 0.25) is 0 Å². The second-order valence-electron chi connectivity index (χ2n) is 5.23. The number of carbonyl (C=O) groups is 1. The highest BCUT2D eigenvalue weighted by Crippen LogP contribution is 2.32. The number of aromatic nitrogens is 1. The molecular formula is C17H19N3O4S2. The number of rotatable bonds is 9. The number of methoxy groups -OCH3 is 1. The Morgan fingerprint density at radius 2 is 1.96 bits per heavy atom. The number of amides is 1. The highest BCUT2D eigenvalue weighted by atomic mass is 32.1. The van der Waals surface area contributed by atoms with Crippen LogP contribution in [0.4, 0.5) is 5.13 Å². The minimum Gasteiger partial charge on any atom is -0.497 e. The third kappa shape index (κ3) is 4.63. The fourth-order valence-electron chi connectivity index (χ4n) is 2.18. The van der Waals surface area contributed by atoms with Crippen LogP contribution in [0.25, 0.3) is 9.53 Å². The average molecular weight is 393 g/mol. The van der Waals surface area contributed by atoms with Crippen molar-refractivity contribution in [3.05, 3.63) is 35.2 Å². The molecule has 0 aliphatic rings. The van der Waals surface area contributed by atoms with E-state index in [0.717, 1.165) is 26.2 Å². The number of aliphatic hydroxyl groups is 1. The van der Waals surface area contributed by atoms with Gasteiger partial charge in [-0.3, -0.25) is 4.79 Å². The van der Waals surface area contributed by atoms with E-state index in [2.05, 4.69) is 15.6 Å². The lowest BCUT2D eigenvalue weighted by molar-refractivity contribution is 0.0951. The van der Waals surface area contributed by atoms with E-state index < -0.39 is 0 Å². The minimum absolute atomic E-state index is 0.0550. The second kappa shape index (κ2) is 8.84. The molecule has 0 aliphatic heterocycles. The highest BCUT2D eigenvalue weighted by molar-refractivity contribution is 7.29. The van der Waals surface area contributed by atoms with Crippen molar-refractivity contribution in [2.75, 3.05) is 38.7 Å². The van der Waals surface area contributed by atoms with E-state index in [0.29, 0.717) is 24.6 Å². The zero-order chi connectivity index (χ0) is 18.4. The van der Waals surface area contributed by atoms with Gasteiger partial charge < -0.3 is 25.2 Å². The van der Waals surface area contributed by atoms with Crippen LogP contribution >= 0.6 is 22.7 Å². The monoisotopic (exact) mass is 393 g/mol. The Balaban J connectivity index is 1.46. The van der Waals surface area contributed by atoms with Crippen molar-refractivity contribution >= 4 is 43.2 Å². The molecule has 3 aromatic rings. The smallest absolute Gasteiger partial charge is 0.261 e. The fraction of sp³-hybridized carbons (Fsp3) is 0.294. The molecular weight excluding hydrogens is 374 g/mol. The van der Waals surface area contributed by atoms with Gasteiger partial charge in [0.25, 0.3) is 5.91 Å². The molecule has 0 saturated heterocycles. The first-order chi connectivity index (χ1) is 12.7. The lowest BCUT2D eigenvalue weighted by Gasteiger charge is -2.07. The fourth-order valence-corrected chi connectivity index (χ4v) is 4.24. The van der Waals surface area contributed by atoms with E-state index in [1.807, 2.05) is 30.3 Å². The van der Waals surface area contributed by atoms with Crippen LogP contribution in [-0.2, 0) is 0 Å². The van der Waals surface area contributed by atoms with Crippen LogP contribution in [-0.4, -0.2) is 49.4 Å². The molecule has 7 nitrogen and oxygen atoms in total. The Hall–Kier alpha value is -2.36. The summed E-state index contributed by atoms with van der Waals surface area (Å²) in [6, 6.07) is 9.12. The molecule has 3 N–H and O–H groups in total. The number of nitrogens with one attached hydrogen (secondary N) is 2. The number of hydrogen-bond donors (Lipinski definition) is 3. The normalized spacial score (nSPS) is 10.7. The zero-order valence-electron chi connectivity index (χ0n) is 14.2. The van der Waals surface area contributed by atoms with Gasteiger partial charge in [0.2, 0.25) is 0 Å². The van der Waals surface area contributed by atoms with Gasteiger partial charge in [-0.05, 0) is 30.3 Å². The largest absolute Gasteiger partial charge is 0.497 e. The average Bonchev–Trinajstić information content (AvgIpc) is 3.22. The topological polar surface area (TPSA) is 92.7 Å². The molecule has 2 heterocycles. The summed E-state index contributed by atoms with van der Waals surface area (Å²) in [5.74, 6) is 1.36. The summed E-state index contributed by atoms with van der Waals surface area (Å²) in [4.78, 5) is 18.1. The van der Waals surface area contributed by atoms with Crippen molar-refractivity contribution in [2.24, 2.45) is 0 Å². The summed E-state index contributed by atoms with van der Waals surface area (Å²) in [5, 5.41) is 15.4. The molecule has 9 heteroatoms. The predicted octanol–water partition coefficient (Wildman–Crippen LogP) is 2.58. The van der Waals surface area contributed by atoms with Gasteiger partial charge in [0, 0.05) is 6.54 Å². The number of thiazole rings is 1. The van der Waals surface area contributed by atoms with Gasteiger partial charge in [-0.15, -0.1) is 11.3 Å². The van der Waals surface area contributed by atoms with Crippen molar-refractivity contribution in [1.82, 2.24) is 10.3 Å². The molecule has 138 valence electrons. The molecule has 26 heavy (non-hydrogen) atoms. The number of anilines is 1. The standard InChI is InChI=1S/C17H19N3O4S2/c1-23-11-2-4-12(5-3-11)24-9-7-18-15(22)13-10-14-16(25-13)20-17(26-14)19-6-8-21/h2-5,10,21H,6-9H2,1H3,(H,18,22)(H,19,20). The summed E-state index contributed by atoms with van der Waals surface area (Å²) < 4.78 is 11.6. The third-order valence-corrected chi connectivity index (χ3v) is 5.53. The van der Waals surface area contributed by atoms with Gasteiger partial charge in [0.05, 0.1) is 29.8 Å². The Labute approximate surface area is 158 Å². The van der Waals surface area contributed by atoms with Gasteiger partial charge in [0.1, 0.15) is 22.9 Å². The molecule has 1 aromatic carbocycles. The molecule has 3 rings (SSSR count). The Bertz CT molecular complexity index is 829. The van der Waals surface area contributed by atoms with Crippen molar-refractivity contribution in [1.29, 1.82) is 0 Å². The maximum atomic E-state index is 12.2. The predicted molar refractivity (Wildman–Crippen MR) is 104 cm³/mol. The van der Waals surface area contributed by atoms with E-state index in [9.17, 15) is 4.79 Å². The van der Waals surface area contributed by atoms with Gasteiger partial charge >= 0.3 is 0 Å². The van der Waals surface area contributed by atoms with Gasteiger partial charge in [-0.1, -0.05) is 11.3 Å². The lowest BCUT2D eigenvalue weighted by atomic mass is 10.3. The van der Waals surface area contributed by atoms with Crippen molar-refractivity contribution in [2.45, 2.75) is 0 Å². The van der Waals surface area contributed by atoms with Gasteiger partial charge in [-0.2, -0.15) is 0 Å². The first-order valence-corrected chi connectivity index (χ1v) is 9.63. The number of hydrogen-bond acceptors (Lipinski definition) is 8. The van der Waals surface area contributed by atoms with Crippen LogP contribution < -0.4 is 20.1 Å². The first-order valence-electron chi connectivity index (χ1n) is 8.00. The van der Waals surface area contributed by atoms with Crippen molar-refractivity contribution < 1.29 is 19.4 Å². The Morgan fingerprint density at radius 3 is 2.65 bits per heavy atom. The molecule has 2 aromatic heterocycles. The van der Waals surface area contributed by atoms with Crippen LogP contribution in [0.5, 0.6) is 11.5 Å². The number of aliphatic hydroxyl groups excluding tert-OH is 1. The van der Waals surface area contributed by atoms with Gasteiger partial charge in [-0.25, -0.2) is 4.98 Å². The minimum atomic E-state index is -0.136. The van der Waals surface area contributed by atoms with Crippen LogP contribution in [0.15, 0.2) is 30.3 Å². The molecule has 0 radical (unpaired) electrons. The summed E-state index contributed by atoms with van der Waals surface area (Å²) in [6.45, 7) is 1.31. The summed E-state index contributed by atoms with van der Waals surface area (Å²) in [7, 11) is 1.61. The maximum absolute atomic E-state index is 12.2. The number of fused-ring (bicyclic) bond motifs is 1. The van der Waals surface area contributed by atoms with Gasteiger partial charge in [0.15, 0.2) is 5.13 Å².